The van der Waals surface area contributed by atoms with Crippen molar-refractivity contribution in [1.82, 2.24) is 4.90 Å². The van der Waals surface area contributed by atoms with Gasteiger partial charge in [-0.15, -0.1) is 0 Å². The summed E-state index contributed by atoms with van der Waals surface area (Å²) in [6.07, 6.45) is -1.83. The summed E-state index contributed by atoms with van der Waals surface area (Å²) in [5, 5.41) is 66.2. The average molecular weight is 481 g/mol. The summed E-state index contributed by atoms with van der Waals surface area (Å²) >= 11 is 6.29. The maximum Gasteiger partial charge on any atom is 0.250 e. The third-order valence-corrected chi connectivity index (χ3v) is 7.60. The van der Waals surface area contributed by atoms with E-state index in [0.717, 1.165) is 0 Å². The molecule has 0 bridgehead atoms. The minimum absolute atomic E-state index is 0.00371. The standard InChI is InChI=1S/C22H25ClN2O8/c1-21(32)7-6-8-15(25(2)3)17(28)13(20(24)31)19(30)22(8,33)18(29)11(7)16(27)12-10(26)5-4-9(23)14(12)21/h4-5,7-8,15,17,26-28,30,32-33H,6H2,1-3H3,(H2,24,31)/t7-,8-,15-,17?,21-,22-/m0/s1. The van der Waals surface area contributed by atoms with Crippen LogP contribution in [0, 0.1) is 11.8 Å². The number of fused-ring (bicyclic) bond motifs is 3. The molecule has 0 radical (unpaired) electrons. The van der Waals surface area contributed by atoms with Crippen molar-refractivity contribution >= 4 is 29.1 Å². The highest BCUT2D eigenvalue weighted by Crippen LogP contribution is 2.58. The highest BCUT2D eigenvalue weighted by molar-refractivity contribution is 6.32. The number of phenols is 1. The van der Waals surface area contributed by atoms with E-state index in [-0.39, 0.29) is 22.6 Å². The number of ketones is 1. The lowest BCUT2D eigenvalue weighted by atomic mass is 9.54. The van der Waals surface area contributed by atoms with Crippen molar-refractivity contribution in [3.05, 3.63) is 45.2 Å². The van der Waals surface area contributed by atoms with Crippen LogP contribution in [0.15, 0.2) is 29.0 Å². The molecule has 1 unspecified atom stereocenters. The zero-order valence-electron chi connectivity index (χ0n) is 18.1. The van der Waals surface area contributed by atoms with Crippen molar-refractivity contribution < 1.29 is 40.2 Å². The van der Waals surface area contributed by atoms with E-state index < -0.39 is 75.3 Å². The lowest BCUT2D eigenvalue weighted by Crippen LogP contribution is -2.67. The van der Waals surface area contributed by atoms with Crippen LogP contribution in [0.1, 0.15) is 24.5 Å². The number of primary amides is 1. The maximum absolute atomic E-state index is 13.7. The summed E-state index contributed by atoms with van der Waals surface area (Å²) in [7, 11) is 3.09. The fourth-order valence-electron chi connectivity index (χ4n) is 5.78. The molecule has 0 spiro atoms. The molecule has 1 amide bonds. The molecule has 8 N–H and O–H groups in total. The minimum Gasteiger partial charge on any atom is -0.508 e. The fraction of sp³-hybridized carbons (Fsp3) is 0.455. The Hall–Kier alpha value is -2.63. The second-order valence-electron chi connectivity index (χ2n) is 9.24. The number of aromatic hydroxyl groups is 1. The quantitative estimate of drug-likeness (QED) is 0.307. The third-order valence-electron chi connectivity index (χ3n) is 7.28. The summed E-state index contributed by atoms with van der Waals surface area (Å²) < 4.78 is 0. The Labute approximate surface area is 193 Å². The van der Waals surface area contributed by atoms with Crippen LogP contribution in [0.2, 0.25) is 5.02 Å². The van der Waals surface area contributed by atoms with Gasteiger partial charge in [0, 0.05) is 34.0 Å². The van der Waals surface area contributed by atoms with Crippen LogP contribution < -0.4 is 5.73 Å². The number of carbonyl (C=O) groups is 2. The Balaban J connectivity index is 2.06. The Morgan fingerprint density at radius 2 is 1.82 bits per heavy atom. The maximum atomic E-state index is 13.7. The minimum atomic E-state index is -2.72. The largest absolute Gasteiger partial charge is 0.508 e. The zero-order chi connectivity index (χ0) is 24.8. The first-order chi connectivity index (χ1) is 15.2. The molecular weight excluding hydrogens is 456 g/mol. The molecule has 0 heterocycles. The number of aliphatic hydroxyl groups is 5. The highest BCUT2D eigenvalue weighted by atomic mass is 35.5. The van der Waals surface area contributed by atoms with E-state index in [0.29, 0.717) is 0 Å². The Bertz CT molecular complexity index is 1160. The molecule has 1 aromatic rings. The Kier molecular flexibility index (Phi) is 5.12. The number of benzene rings is 1. The van der Waals surface area contributed by atoms with Gasteiger partial charge < -0.3 is 41.3 Å². The second kappa shape index (κ2) is 7.18. The van der Waals surface area contributed by atoms with Gasteiger partial charge in [-0.25, -0.2) is 0 Å². The predicted octanol–water partition coefficient (Wildman–Crippen LogP) is 0.0742. The van der Waals surface area contributed by atoms with Gasteiger partial charge in [0.1, 0.15) is 23.4 Å². The normalized spacial score (nSPS) is 35.9. The second-order valence-corrected chi connectivity index (χ2v) is 9.65. The summed E-state index contributed by atoms with van der Waals surface area (Å²) in [4.78, 5) is 27.2. The van der Waals surface area contributed by atoms with E-state index in [1.54, 1.807) is 14.1 Å². The fourth-order valence-corrected chi connectivity index (χ4v) is 6.13. The third kappa shape index (κ3) is 2.82. The molecule has 11 heteroatoms. The summed E-state index contributed by atoms with van der Waals surface area (Å²) in [5.74, 6) is -7.00. The van der Waals surface area contributed by atoms with Crippen LogP contribution in [0.5, 0.6) is 5.75 Å². The SMILES string of the molecule is CN(C)[C@@H]1C(O)C(C(N)=O)=C(O)[C@@]2(O)C(=O)C3=C(O)c4c(O)ccc(Cl)c4[C@@](C)(O)[C@H]3C[C@@H]12. The molecule has 1 saturated carbocycles. The summed E-state index contributed by atoms with van der Waals surface area (Å²) in [6.45, 7) is 1.36. The van der Waals surface area contributed by atoms with Crippen molar-refractivity contribution in [2.45, 2.75) is 36.7 Å². The molecule has 6 atom stereocenters. The van der Waals surface area contributed by atoms with Gasteiger partial charge in [0.15, 0.2) is 5.60 Å². The van der Waals surface area contributed by atoms with Crippen LogP contribution in [0.4, 0.5) is 0 Å². The van der Waals surface area contributed by atoms with Gasteiger partial charge >= 0.3 is 0 Å². The lowest BCUT2D eigenvalue weighted by molar-refractivity contribution is -0.161. The van der Waals surface area contributed by atoms with Crippen molar-refractivity contribution in [3.63, 3.8) is 0 Å². The number of hydrogen-bond acceptors (Lipinski definition) is 9. The molecule has 3 aliphatic carbocycles. The lowest BCUT2D eigenvalue weighted by Gasteiger charge is -2.54. The van der Waals surface area contributed by atoms with Crippen LogP contribution >= 0.6 is 11.6 Å². The van der Waals surface area contributed by atoms with Crippen molar-refractivity contribution in [1.29, 1.82) is 0 Å². The van der Waals surface area contributed by atoms with E-state index in [2.05, 4.69) is 0 Å². The van der Waals surface area contributed by atoms with Gasteiger partial charge in [0.2, 0.25) is 5.78 Å². The molecule has 0 aliphatic heterocycles. The number of rotatable bonds is 2. The van der Waals surface area contributed by atoms with Crippen LogP contribution in [0.3, 0.4) is 0 Å². The van der Waals surface area contributed by atoms with Crippen LogP contribution in [-0.4, -0.2) is 79.1 Å². The molecule has 1 fully saturated rings. The first kappa shape index (κ1) is 23.5. The number of aliphatic hydroxyl groups excluding tert-OH is 3. The van der Waals surface area contributed by atoms with Crippen molar-refractivity contribution in [2.75, 3.05) is 14.1 Å². The van der Waals surface area contributed by atoms with Gasteiger partial charge in [0.25, 0.3) is 5.91 Å². The molecule has 10 nitrogen and oxygen atoms in total. The van der Waals surface area contributed by atoms with Crippen molar-refractivity contribution in [2.24, 2.45) is 17.6 Å². The van der Waals surface area contributed by atoms with Gasteiger partial charge in [-0.3, -0.25) is 9.59 Å². The smallest absolute Gasteiger partial charge is 0.250 e. The van der Waals surface area contributed by atoms with E-state index in [4.69, 9.17) is 17.3 Å². The molecule has 0 aromatic heterocycles. The first-order valence-electron chi connectivity index (χ1n) is 10.2. The van der Waals surface area contributed by atoms with E-state index in [9.17, 15) is 40.2 Å². The number of nitrogens with two attached hydrogens (primary N) is 1. The molecular formula is C22H25ClN2O8. The van der Waals surface area contributed by atoms with E-state index >= 15 is 0 Å². The number of nitrogens with zero attached hydrogens (tertiary/aromatic N) is 1. The number of halogens is 1. The molecule has 0 saturated heterocycles. The average Bonchev–Trinajstić information content (AvgIpc) is 2.69. The topological polar surface area (TPSA) is 185 Å². The van der Waals surface area contributed by atoms with E-state index in [1.165, 1.54) is 24.0 Å². The van der Waals surface area contributed by atoms with E-state index in [1.807, 2.05) is 0 Å². The molecule has 178 valence electrons. The van der Waals surface area contributed by atoms with Crippen LogP contribution in [0.25, 0.3) is 5.76 Å². The summed E-state index contributed by atoms with van der Waals surface area (Å²) in [5.41, 5.74) is -0.689. The number of carbonyl (C=O) groups excluding carboxylic acids is 2. The zero-order valence-corrected chi connectivity index (χ0v) is 18.8. The molecule has 4 rings (SSSR count). The molecule has 1 aromatic carbocycles. The molecule has 3 aliphatic rings. The van der Waals surface area contributed by atoms with Gasteiger partial charge in [0.05, 0.1) is 16.7 Å². The molecule has 33 heavy (non-hydrogen) atoms. The number of Topliss-reactive ketones (excluding diaryl/α,β-unsaturated/α-hetero) is 1. The Morgan fingerprint density at radius 3 is 2.36 bits per heavy atom. The van der Waals surface area contributed by atoms with Gasteiger partial charge in [-0.2, -0.15) is 0 Å². The number of phenolic OH excluding ortho intramolecular Hbond substituents is 1. The number of amides is 1. The summed E-state index contributed by atoms with van der Waals surface area (Å²) in [6, 6.07) is 1.46. The number of likely N-dealkylation sites (N-methyl/N-ethyl adjacent to an activating group) is 1. The van der Waals surface area contributed by atoms with Crippen LogP contribution in [-0.2, 0) is 15.2 Å². The Morgan fingerprint density at radius 1 is 1.21 bits per heavy atom. The van der Waals surface area contributed by atoms with Gasteiger partial charge in [-0.1, -0.05) is 11.6 Å². The monoisotopic (exact) mass is 480 g/mol. The predicted molar refractivity (Wildman–Crippen MR) is 116 cm³/mol. The van der Waals surface area contributed by atoms with Gasteiger partial charge in [-0.05, 0) is 39.6 Å². The number of hydrogen-bond donors (Lipinski definition) is 7. The first-order valence-corrected chi connectivity index (χ1v) is 10.6. The van der Waals surface area contributed by atoms with Crippen molar-refractivity contribution in [3.8, 4) is 5.75 Å². The highest BCUT2D eigenvalue weighted by Gasteiger charge is 2.66.